The third kappa shape index (κ3) is 3.62. The first kappa shape index (κ1) is 15.7. The highest BCUT2D eigenvalue weighted by molar-refractivity contribution is 5.93. The number of carbonyl (C=O) groups is 1. The van der Waals surface area contributed by atoms with Crippen molar-refractivity contribution in [1.82, 2.24) is 15.1 Å². The zero-order valence-electron chi connectivity index (χ0n) is 13.4. The highest BCUT2D eigenvalue weighted by Gasteiger charge is 2.26. The molecule has 1 aliphatic carbocycles. The maximum absolute atomic E-state index is 12.5. The van der Waals surface area contributed by atoms with Crippen LogP contribution in [-0.4, -0.2) is 45.8 Å². The van der Waals surface area contributed by atoms with Crippen molar-refractivity contribution < 1.29 is 9.90 Å². The number of carbonyl (C=O) groups excluding carboxylic acids is 1. The van der Waals surface area contributed by atoms with Crippen LogP contribution in [0, 0.1) is 5.92 Å². The number of nitrogens with zero attached hydrogens (tertiary/aromatic N) is 2. The Morgan fingerprint density at radius 1 is 1.30 bits per heavy atom. The molecule has 2 N–H and O–H groups in total. The summed E-state index contributed by atoms with van der Waals surface area (Å²) in [5, 5.41) is 17.1. The van der Waals surface area contributed by atoms with Gasteiger partial charge in [-0.3, -0.25) is 9.89 Å². The van der Waals surface area contributed by atoms with Gasteiger partial charge in [-0.05, 0) is 18.9 Å². The zero-order valence-corrected chi connectivity index (χ0v) is 13.4. The topological polar surface area (TPSA) is 69.2 Å². The summed E-state index contributed by atoms with van der Waals surface area (Å²) >= 11 is 0. The van der Waals surface area contributed by atoms with Crippen molar-refractivity contribution >= 4 is 5.91 Å². The maximum atomic E-state index is 12.5. The maximum Gasteiger partial charge on any atom is 0.271 e. The number of nitrogens with one attached hydrogen (secondary N) is 1. The van der Waals surface area contributed by atoms with Gasteiger partial charge in [0.05, 0.1) is 11.8 Å². The molecule has 1 amide bonds. The lowest BCUT2D eigenvalue weighted by Gasteiger charge is -2.31. The molecule has 1 fully saturated rings. The Morgan fingerprint density at radius 2 is 2.04 bits per heavy atom. The predicted molar refractivity (Wildman–Crippen MR) is 88.9 cm³/mol. The summed E-state index contributed by atoms with van der Waals surface area (Å²) in [5.74, 6) is 0.0895. The number of aromatic amines is 1. The van der Waals surface area contributed by atoms with E-state index in [1.165, 1.54) is 0 Å². The second kappa shape index (κ2) is 6.96. The molecule has 0 spiro atoms. The fourth-order valence-corrected chi connectivity index (χ4v) is 3.23. The van der Waals surface area contributed by atoms with Crippen LogP contribution >= 0.6 is 0 Å². The van der Waals surface area contributed by atoms with E-state index in [1.807, 2.05) is 30.3 Å². The van der Waals surface area contributed by atoms with Gasteiger partial charge in [0.15, 0.2) is 0 Å². The summed E-state index contributed by atoms with van der Waals surface area (Å²) in [5.41, 5.74) is 2.23. The number of hydrogen-bond donors (Lipinski definition) is 2. The van der Waals surface area contributed by atoms with Crippen LogP contribution < -0.4 is 0 Å². The lowest BCUT2D eigenvalue weighted by molar-refractivity contribution is 0.0448. The van der Waals surface area contributed by atoms with Crippen molar-refractivity contribution in [2.75, 3.05) is 13.6 Å². The molecule has 1 aromatic heterocycles. The predicted octanol–water partition coefficient (Wildman–Crippen LogP) is 2.70. The number of hydrogen-bond acceptors (Lipinski definition) is 3. The van der Waals surface area contributed by atoms with Crippen LogP contribution in [0.5, 0.6) is 0 Å². The smallest absolute Gasteiger partial charge is 0.271 e. The van der Waals surface area contributed by atoms with Crippen molar-refractivity contribution in [2.24, 2.45) is 5.92 Å². The molecule has 2 atom stereocenters. The minimum atomic E-state index is -0.291. The minimum Gasteiger partial charge on any atom is -0.393 e. The third-order valence-corrected chi connectivity index (χ3v) is 4.60. The van der Waals surface area contributed by atoms with Crippen LogP contribution in [0.3, 0.4) is 0 Å². The van der Waals surface area contributed by atoms with Crippen LogP contribution in [0.2, 0.25) is 0 Å². The molecule has 0 aliphatic heterocycles. The molecule has 0 radical (unpaired) electrons. The van der Waals surface area contributed by atoms with Gasteiger partial charge in [-0.2, -0.15) is 5.10 Å². The Hall–Kier alpha value is -2.14. The summed E-state index contributed by atoms with van der Waals surface area (Å²) in [6.07, 6.45) is 3.74. The van der Waals surface area contributed by atoms with Gasteiger partial charge in [0, 0.05) is 25.1 Å². The van der Waals surface area contributed by atoms with E-state index in [0.29, 0.717) is 12.2 Å². The van der Waals surface area contributed by atoms with Crippen molar-refractivity contribution in [3.8, 4) is 11.3 Å². The Bertz CT molecular complexity index is 653. The zero-order chi connectivity index (χ0) is 16.2. The Balaban J connectivity index is 1.67. The van der Waals surface area contributed by atoms with E-state index in [9.17, 15) is 9.90 Å². The van der Waals surface area contributed by atoms with Gasteiger partial charge in [0.2, 0.25) is 0 Å². The fraction of sp³-hybridized carbons (Fsp3) is 0.444. The van der Waals surface area contributed by atoms with Crippen molar-refractivity contribution in [2.45, 2.75) is 31.8 Å². The Labute approximate surface area is 136 Å². The Kier molecular flexibility index (Phi) is 4.76. The largest absolute Gasteiger partial charge is 0.393 e. The van der Waals surface area contributed by atoms with Gasteiger partial charge >= 0.3 is 0 Å². The molecule has 3 rings (SSSR count). The molecule has 1 heterocycles. The van der Waals surface area contributed by atoms with Gasteiger partial charge in [-0.1, -0.05) is 43.2 Å². The molecule has 1 aromatic carbocycles. The second-order valence-corrected chi connectivity index (χ2v) is 6.33. The van der Waals surface area contributed by atoms with Gasteiger partial charge in [-0.25, -0.2) is 0 Å². The number of amides is 1. The highest BCUT2D eigenvalue weighted by Crippen LogP contribution is 2.25. The standard InChI is InChI=1S/C18H23N3O2/c1-21(12-14-9-5-6-10-17(14)22)18(23)16-11-15(19-20-16)13-7-3-2-4-8-13/h2-4,7-8,11,14,17,22H,5-6,9-10,12H2,1H3,(H,19,20). The molecule has 5 nitrogen and oxygen atoms in total. The average molecular weight is 313 g/mol. The molecular formula is C18H23N3O2. The number of aliphatic hydroxyl groups excluding tert-OH is 1. The van der Waals surface area contributed by atoms with Crippen LogP contribution in [0.4, 0.5) is 0 Å². The van der Waals surface area contributed by atoms with E-state index in [-0.39, 0.29) is 17.9 Å². The fourth-order valence-electron chi connectivity index (χ4n) is 3.23. The van der Waals surface area contributed by atoms with Gasteiger partial charge < -0.3 is 10.0 Å². The molecule has 0 saturated heterocycles. The van der Waals surface area contributed by atoms with Gasteiger partial charge in [0.25, 0.3) is 5.91 Å². The highest BCUT2D eigenvalue weighted by atomic mass is 16.3. The van der Waals surface area contributed by atoms with E-state index < -0.39 is 0 Å². The van der Waals surface area contributed by atoms with Crippen molar-refractivity contribution in [3.63, 3.8) is 0 Å². The van der Waals surface area contributed by atoms with Crippen LogP contribution in [0.25, 0.3) is 11.3 Å². The van der Waals surface area contributed by atoms with E-state index in [2.05, 4.69) is 10.2 Å². The first-order chi connectivity index (χ1) is 11.1. The van der Waals surface area contributed by atoms with Crippen LogP contribution in [-0.2, 0) is 0 Å². The molecule has 1 aliphatic rings. The average Bonchev–Trinajstić information content (AvgIpc) is 3.07. The summed E-state index contributed by atoms with van der Waals surface area (Å²) in [4.78, 5) is 14.2. The molecule has 5 heteroatoms. The molecule has 23 heavy (non-hydrogen) atoms. The summed E-state index contributed by atoms with van der Waals surface area (Å²) < 4.78 is 0. The van der Waals surface area contributed by atoms with E-state index >= 15 is 0 Å². The molecular weight excluding hydrogens is 290 g/mol. The Morgan fingerprint density at radius 3 is 2.78 bits per heavy atom. The monoisotopic (exact) mass is 313 g/mol. The van der Waals surface area contributed by atoms with Crippen molar-refractivity contribution in [1.29, 1.82) is 0 Å². The normalized spacial score (nSPS) is 21.1. The first-order valence-corrected chi connectivity index (χ1v) is 8.19. The van der Waals surface area contributed by atoms with Crippen LogP contribution in [0.1, 0.15) is 36.2 Å². The number of H-pyrrole nitrogens is 1. The minimum absolute atomic E-state index is 0.0857. The van der Waals surface area contributed by atoms with Crippen LogP contribution in [0.15, 0.2) is 36.4 Å². The molecule has 122 valence electrons. The summed E-state index contributed by atoms with van der Waals surface area (Å²) in [6, 6.07) is 11.6. The number of benzene rings is 1. The number of aliphatic hydroxyl groups is 1. The van der Waals surface area contributed by atoms with E-state index in [1.54, 1.807) is 18.0 Å². The third-order valence-electron chi connectivity index (χ3n) is 4.60. The van der Waals surface area contributed by atoms with Gasteiger partial charge in [0.1, 0.15) is 5.69 Å². The second-order valence-electron chi connectivity index (χ2n) is 6.33. The molecule has 0 bridgehead atoms. The molecule has 2 aromatic rings. The SMILES string of the molecule is CN(CC1CCCCC1O)C(=O)c1cc(-c2ccccc2)n[nH]1. The quantitative estimate of drug-likeness (QED) is 0.912. The summed E-state index contributed by atoms with van der Waals surface area (Å²) in [6.45, 7) is 0.583. The lowest BCUT2D eigenvalue weighted by Crippen LogP contribution is -2.38. The molecule has 1 saturated carbocycles. The summed E-state index contributed by atoms with van der Waals surface area (Å²) in [7, 11) is 1.78. The number of rotatable bonds is 4. The van der Waals surface area contributed by atoms with Gasteiger partial charge in [-0.15, -0.1) is 0 Å². The first-order valence-electron chi connectivity index (χ1n) is 8.19. The lowest BCUT2D eigenvalue weighted by atomic mass is 9.86. The number of aromatic nitrogens is 2. The molecule has 2 unspecified atom stereocenters. The van der Waals surface area contributed by atoms with E-state index in [0.717, 1.165) is 36.9 Å². The van der Waals surface area contributed by atoms with Crippen molar-refractivity contribution in [3.05, 3.63) is 42.1 Å². The van der Waals surface area contributed by atoms with E-state index in [4.69, 9.17) is 0 Å².